The molecule has 0 aromatic heterocycles. The van der Waals surface area contributed by atoms with Gasteiger partial charge in [0.1, 0.15) is 11.5 Å². The zero-order valence-electron chi connectivity index (χ0n) is 32.1. The molecule has 0 bridgehead atoms. The van der Waals surface area contributed by atoms with Crippen LogP contribution in [-0.2, 0) is 0 Å². The second-order valence-electron chi connectivity index (χ2n) is 15.6. The molecule has 3 aliphatic rings. The second-order valence-corrected chi connectivity index (χ2v) is 20.4. The molecular formula is C54H36BNOSSi. The Morgan fingerprint density at radius 1 is 0.407 bits per heavy atom. The lowest BCUT2D eigenvalue weighted by Crippen LogP contribution is -2.77. The Labute approximate surface area is 350 Å². The number of benzene rings is 9. The van der Waals surface area contributed by atoms with Crippen molar-refractivity contribution in [1.29, 1.82) is 0 Å². The van der Waals surface area contributed by atoms with Gasteiger partial charge in [-0.2, -0.15) is 0 Å². The number of nitrogens with zero attached hydrogens (tertiary/aromatic N) is 1. The number of anilines is 3. The summed E-state index contributed by atoms with van der Waals surface area (Å²) < 4.78 is 6.56. The van der Waals surface area contributed by atoms with Crippen LogP contribution in [0.2, 0.25) is 0 Å². The molecule has 2 nitrogen and oxygen atoms in total. The molecule has 0 unspecified atom stereocenters. The van der Waals surface area contributed by atoms with Gasteiger partial charge < -0.3 is 9.64 Å². The molecule has 5 heteroatoms. The van der Waals surface area contributed by atoms with E-state index in [1.54, 1.807) is 0 Å². The monoisotopic (exact) mass is 785 g/mol. The van der Waals surface area contributed by atoms with E-state index in [4.69, 9.17) is 4.74 Å². The van der Waals surface area contributed by atoms with Crippen LogP contribution in [0.4, 0.5) is 17.1 Å². The van der Waals surface area contributed by atoms with E-state index in [9.17, 15) is 0 Å². The van der Waals surface area contributed by atoms with Crippen LogP contribution < -0.4 is 46.8 Å². The average molecular weight is 786 g/mol. The lowest BCUT2D eigenvalue weighted by molar-refractivity contribution is 0.486. The fourth-order valence-electron chi connectivity index (χ4n) is 9.91. The normalized spacial score (nSPS) is 13.9. The molecule has 9 aromatic carbocycles. The third-order valence-electron chi connectivity index (χ3n) is 12.5. The van der Waals surface area contributed by atoms with Gasteiger partial charge in [-0.1, -0.05) is 187 Å². The van der Waals surface area contributed by atoms with E-state index in [0.717, 1.165) is 17.2 Å². The van der Waals surface area contributed by atoms with Gasteiger partial charge in [0.25, 0.3) is 6.71 Å². The zero-order valence-corrected chi connectivity index (χ0v) is 33.9. The van der Waals surface area contributed by atoms with Crippen molar-refractivity contribution < 1.29 is 4.74 Å². The van der Waals surface area contributed by atoms with E-state index >= 15 is 0 Å². The van der Waals surface area contributed by atoms with Crippen molar-refractivity contribution in [2.45, 2.75) is 9.79 Å². The van der Waals surface area contributed by atoms with Crippen LogP contribution in [0.1, 0.15) is 0 Å². The van der Waals surface area contributed by atoms with E-state index in [2.05, 4.69) is 223 Å². The Bertz CT molecular complexity index is 2920. The highest BCUT2D eigenvalue weighted by atomic mass is 32.2. The van der Waals surface area contributed by atoms with Gasteiger partial charge in [-0.25, -0.2) is 0 Å². The quantitative estimate of drug-likeness (QED) is 0.162. The molecule has 0 saturated carbocycles. The van der Waals surface area contributed by atoms with Crippen molar-refractivity contribution in [2.75, 3.05) is 4.90 Å². The van der Waals surface area contributed by atoms with Gasteiger partial charge in [0.05, 0.1) is 0 Å². The highest BCUT2D eigenvalue weighted by molar-refractivity contribution is 8.00. The summed E-state index contributed by atoms with van der Waals surface area (Å²) in [6, 6.07) is 81.1. The van der Waals surface area contributed by atoms with Gasteiger partial charge in [0.15, 0.2) is 8.07 Å². The Morgan fingerprint density at radius 3 is 1.56 bits per heavy atom. The number of fused-ring (bicyclic) bond motifs is 6. The van der Waals surface area contributed by atoms with E-state index in [0.29, 0.717) is 0 Å². The van der Waals surface area contributed by atoms with Crippen LogP contribution in [-0.4, -0.2) is 14.8 Å². The van der Waals surface area contributed by atoms with Crippen molar-refractivity contribution in [3.8, 4) is 33.8 Å². The van der Waals surface area contributed by atoms with E-state index in [1.807, 2.05) is 11.8 Å². The largest absolute Gasteiger partial charge is 0.458 e. The van der Waals surface area contributed by atoms with Crippen molar-refractivity contribution >= 4 is 80.7 Å². The van der Waals surface area contributed by atoms with Crippen LogP contribution in [0.3, 0.4) is 0 Å². The van der Waals surface area contributed by atoms with E-state index in [-0.39, 0.29) is 6.71 Å². The maximum absolute atomic E-state index is 6.56. The highest BCUT2D eigenvalue weighted by Gasteiger charge is 2.49. The molecule has 0 radical (unpaired) electrons. The highest BCUT2D eigenvalue weighted by Crippen LogP contribution is 2.43. The number of rotatable bonds is 5. The van der Waals surface area contributed by atoms with Crippen molar-refractivity contribution in [1.82, 2.24) is 0 Å². The third-order valence-corrected chi connectivity index (χ3v) is 18.4. The SMILES string of the molecule is c1ccc(-c2ccc3c(c2)[Si](c2ccccc2)(c2ccccc2)c2cc(-c4ccccc4)ccc2N3c2ccc3c(c2)B2c4ccccc4Oc4cccc(c42)S3)cc1. The molecule has 12 rings (SSSR count). The van der Waals surface area contributed by atoms with Crippen molar-refractivity contribution in [3.63, 3.8) is 0 Å². The van der Waals surface area contributed by atoms with Crippen molar-refractivity contribution in [3.05, 3.63) is 218 Å². The average Bonchev–Trinajstić information content (AvgIpc) is 3.31. The van der Waals surface area contributed by atoms with Gasteiger partial charge in [-0.3, -0.25) is 0 Å². The number of hydrogen-bond donors (Lipinski definition) is 0. The Hall–Kier alpha value is -6.79. The fraction of sp³-hybridized carbons (Fsp3) is 0. The van der Waals surface area contributed by atoms with Gasteiger partial charge >= 0.3 is 0 Å². The van der Waals surface area contributed by atoms with Crippen molar-refractivity contribution in [2.24, 2.45) is 0 Å². The molecule has 0 fully saturated rings. The van der Waals surface area contributed by atoms with Crippen LogP contribution in [0.5, 0.6) is 11.5 Å². The molecule has 0 saturated heterocycles. The first kappa shape index (κ1) is 34.3. The fourth-order valence-corrected chi connectivity index (χ4v) is 16.2. The lowest BCUT2D eigenvalue weighted by Gasteiger charge is -2.45. The minimum absolute atomic E-state index is 0.0640. The molecule has 0 amide bonds. The molecule has 276 valence electrons. The zero-order chi connectivity index (χ0) is 38.9. The van der Waals surface area contributed by atoms with Gasteiger partial charge in [0.2, 0.25) is 0 Å². The van der Waals surface area contributed by atoms with Crippen LogP contribution >= 0.6 is 11.8 Å². The number of ether oxygens (including phenoxy) is 1. The molecule has 3 aliphatic heterocycles. The van der Waals surface area contributed by atoms with E-state index < -0.39 is 8.07 Å². The minimum atomic E-state index is -2.98. The van der Waals surface area contributed by atoms with Crippen LogP contribution in [0.15, 0.2) is 228 Å². The molecule has 0 N–H and O–H groups in total. The summed E-state index contributed by atoms with van der Waals surface area (Å²) >= 11 is 1.85. The summed E-state index contributed by atoms with van der Waals surface area (Å²) in [5.41, 5.74) is 12.3. The molecule has 9 aromatic rings. The second kappa shape index (κ2) is 13.7. The summed E-state index contributed by atoms with van der Waals surface area (Å²) in [5.74, 6) is 1.88. The third kappa shape index (κ3) is 5.28. The smallest absolute Gasteiger partial charge is 0.253 e. The molecular weight excluding hydrogens is 750 g/mol. The van der Waals surface area contributed by atoms with Crippen LogP contribution in [0.25, 0.3) is 22.3 Å². The number of hydrogen-bond acceptors (Lipinski definition) is 3. The Kier molecular flexibility index (Phi) is 7.94. The first-order chi connectivity index (χ1) is 29.3. The molecule has 59 heavy (non-hydrogen) atoms. The molecule has 3 heterocycles. The minimum Gasteiger partial charge on any atom is -0.458 e. The molecule has 0 spiro atoms. The standard InChI is InChI=1S/C54H36BNOSSi/c1-5-16-37(17-6-1)39-28-31-46-52(34-39)59(42-20-9-3-10-21-42,43-22-11-4-12-23-43)53-35-40(38-18-7-2-8-19-38)29-32-47(53)56(46)41-30-33-50-45(36-41)55-44-24-13-14-25-48(44)57-49-26-15-27-51(58-50)54(49)55/h1-36H. The van der Waals surface area contributed by atoms with Gasteiger partial charge in [0, 0.05) is 26.9 Å². The predicted octanol–water partition coefficient (Wildman–Crippen LogP) is 9.27. The first-order valence-corrected chi connectivity index (χ1v) is 23.1. The summed E-state index contributed by atoms with van der Waals surface area (Å²) in [6.07, 6.45) is 0. The first-order valence-electron chi connectivity index (χ1n) is 20.3. The van der Waals surface area contributed by atoms with Crippen LogP contribution in [0, 0.1) is 0 Å². The summed E-state index contributed by atoms with van der Waals surface area (Å²) in [5, 5.41) is 5.50. The van der Waals surface area contributed by atoms with Gasteiger partial charge in [-0.05, 0) is 102 Å². The topological polar surface area (TPSA) is 12.5 Å². The Balaban J connectivity index is 1.17. The lowest BCUT2D eigenvalue weighted by atomic mass is 9.35. The maximum atomic E-state index is 6.56. The molecule has 0 atom stereocenters. The summed E-state index contributed by atoms with van der Waals surface area (Å²) in [6.45, 7) is 0.0640. The van der Waals surface area contributed by atoms with Gasteiger partial charge in [-0.15, -0.1) is 0 Å². The summed E-state index contributed by atoms with van der Waals surface area (Å²) in [4.78, 5) is 5.11. The maximum Gasteiger partial charge on any atom is 0.253 e. The Morgan fingerprint density at radius 2 is 0.949 bits per heavy atom. The summed E-state index contributed by atoms with van der Waals surface area (Å²) in [7, 11) is -2.98. The predicted molar refractivity (Wildman–Crippen MR) is 251 cm³/mol. The van der Waals surface area contributed by atoms with E-state index in [1.165, 1.54) is 80.6 Å². The number of para-hydroxylation sites is 1. The molecule has 0 aliphatic carbocycles.